The highest BCUT2D eigenvalue weighted by Gasteiger charge is 2.30. The summed E-state index contributed by atoms with van der Waals surface area (Å²) >= 11 is 5.76. The molecule has 0 saturated carbocycles. The summed E-state index contributed by atoms with van der Waals surface area (Å²) in [4.78, 5) is 36.4. The first-order valence-electron chi connectivity index (χ1n) is 8.64. The number of carbonyl (C=O) groups is 2. The highest BCUT2D eigenvalue weighted by atomic mass is 35.5. The fourth-order valence-electron chi connectivity index (χ4n) is 2.73. The summed E-state index contributed by atoms with van der Waals surface area (Å²) < 4.78 is 10.7. The van der Waals surface area contributed by atoms with Crippen molar-refractivity contribution in [1.82, 2.24) is 4.90 Å². The summed E-state index contributed by atoms with van der Waals surface area (Å²) in [6, 6.07) is 4.02. The van der Waals surface area contributed by atoms with Crippen LogP contribution in [0.2, 0.25) is 5.02 Å². The van der Waals surface area contributed by atoms with Crippen LogP contribution in [0.4, 0.5) is 10.5 Å². The Balaban J connectivity index is 1.87. The first kappa shape index (κ1) is 21.0. The number of piperidine rings is 1. The number of carbonyl (C=O) groups excluding carboxylic acids is 2. The minimum Gasteiger partial charge on any atom is -0.479 e. The van der Waals surface area contributed by atoms with Gasteiger partial charge in [-0.15, -0.1) is 0 Å². The van der Waals surface area contributed by atoms with Gasteiger partial charge in [-0.2, -0.15) is 0 Å². The third-order valence-corrected chi connectivity index (χ3v) is 4.32. The molecule has 27 heavy (non-hydrogen) atoms. The van der Waals surface area contributed by atoms with Gasteiger partial charge < -0.3 is 14.4 Å². The Hall–Kier alpha value is -2.35. The topological polar surface area (TPSA) is 99.0 Å². The standard InChI is InChI=1S/C18H23ClN2O6/c1-18(2,3)27-17(23)20-8-6-12(7-9-20)15(22)11-26-16-5-4-13(19)10-14(16)21(24)25/h4-5,10,12H,6-9,11H2,1-3H3. The number of ether oxygens (including phenoxy) is 2. The lowest BCUT2D eigenvalue weighted by atomic mass is 9.93. The number of hydrogen-bond acceptors (Lipinski definition) is 6. The van der Waals surface area contributed by atoms with Gasteiger partial charge in [0.15, 0.2) is 11.5 Å². The van der Waals surface area contributed by atoms with Crippen molar-refractivity contribution in [3.63, 3.8) is 0 Å². The molecule has 1 aromatic rings. The van der Waals surface area contributed by atoms with Gasteiger partial charge in [0.25, 0.3) is 0 Å². The van der Waals surface area contributed by atoms with E-state index < -0.39 is 10.5 Å². The average Bonchev–Trinajstić information content (AvgIpc) is 2.59. The van der Waals surface area contributed by atoms with Crippen molar-refractivity contribution in [2.24, 2.45) is 5.92 Å². The summed E-state index contributed by atoms with van der Waals surface area (Å²) in [5, 5.41) is 11.3. The quantitative estimate of drug-likeness (QED) is 0.551. The van der Waals surface area contributed by atoms with Gasteiger partial charge in [-0.1, -0.05) is 11.6 Å². The molecule has 0 aliphatic carbocycles. The van der Waals surface area contributed by atoms with Crippen molar-refractivity contribution < 1.29 is 24.0 Å². The monoisotopic (exact) mass is 398 g/mol. The van der Waals surface area contributed by atoms with E-state index in [1.54, 1.807) is 25.7 Å². The molecule has 1 aliphatic heterocycles. The van der Waals surface area contributed by atoms with Gasteiger partial charge in [-0.05, 0) is 45.7 Å². The van der Waals surface area contributed by atoms with Crippen LogP contribution in [0.3, 0.4) is 0 Å². The van der Waals surface area contributed by atoms with Gasteiger partial charge in [0.1, 0.15) is 12.2 Å². The summed E-state index contributed by atoms with van der Waals surface area (Å²) in [6.07, 6.45) is 0.621. The van der Waals surface area contributed by atoms with Crippen LogP contribution in [0.5, 0.6) is 5.75 Å². The van der Waals surface area contributed by atoms with Crippen LogP contribution in [0.25, 0.3) is 0 Å². The van der Waals surface area contributed by atoms with Gasteiger partial charge in [-0.25, -0.2) is 4.79 Å². The summed E-state index contributed by atoms with van der Waals surface area (Å²) in [5.74, 6) is -0.401. The van der Waals surface area contributed by atoms with Crippen molar-refractivity contribution in [3.8, 4) is 5.75 Å². The number of nitro groups is 1. The molecular weight excluding hydrogens is 376 g/mol. The predicted octanol–water partition coefficient (Wildman–Crippen LogP) is 3.84. The normalized spacial score (nSPS) is 15.3. The molecule has 0 bridgehead atoms. The van der Waals surface area contributed by atoms with Crippen LogP contribution in [0.1, 0.15) is 33.6 Å². The number of amides is 1. The second-order valence-corrected chi connectivity index (χ2v) is 7.80. The van der Waals surface area contributed by atoms with Crippen LogP contribution in [-0.4, -0.2) is 47.0 Å². The number of rotatable bonds is 5. The maximum absolute atomic E-state index is 12.4. The number of Topliss-reactive ketones (excluding diaryl/α,β-unsaturated/α-hetero) is 1. The predicted molar refractivity (Wildman–Crippen MR) is 99.1 cm³/mol. The minimum atomic E-state index is -0.606. The molecule has 0 atom stereocenters. The summed E-state index contributed by atoms with van der Waals surface area (Å²) in [6.45, 7) is 5.98. The summed E-state index contributed by atoms with van der Waals surface area (Å²) in [7, 11) is 0. The highest BCUT2D eigenvalue weighted by molar-refractivity contribution is 6.30. The Labute approximate surface area is 162 Å². The van der Waals surface area contributed by atoms with Gasteiger partial charge >= 0.3 is 11.8 Å². The van der Waals surface area contributed by atoms with Gasteiger partial charge in [0.2, 0.25) is 0 Å². The third kappa shape index (κ3) is 6.09. The Bertz CT molecular complexity index is 723. The molecule has 1 heterocycles. The molecule has 9 heteroatoms. The number of nitro benzene ring substituents is 1. The molecule has 8 nitrogen and oxygen atoms in total. The Morgan fingerprint density at radius 3 is 2.48 bits per heavy atom. The third-order valence-electron chi connectivity index (χ3n) is 4.09. The van der Waals surface area contributed by atoms with Crippen LogP contribution in [0, 0.1) is 16.0 Å². The molecule has 1 aliphatic rings. The number of likely N-dealkylation sites (tertiary alicyclic amines) is 1. The first-order chi connectivity index (χ1) is 12.6. The lowest BCUT2D eigenvalue weighted by Gasteiger charge is -2.32. The Morgan fingerprint density at radius 2 is 1.93 bits per heavy atom. The van der Waals surface area contributed by atoms with E-state index in [0.29, 0.717) is 25.9 Å². The highest BCUT2D eigenvalue weighted by Crippen LogP contribution is 2.30. The zero-order valence-electron chi connectivity index (χ0n) is 15.6. The van der Waals surface area contributed by atoms with Crippen molar-refractivity contribution in [1.29, 1.82) is 0 Å². The molecule has 2 rings (SSSR count). The Morgan fingerprint density at radius 1 is 1.30 bits per heavy atom. The van der Waals surface area contributed by atoms with E-state index in [1.807, 2.05) is 0 Å². The van der Waals surface area contributed by atoms with Crippen molar-refractivity contribution in [2.45, 2.75) is 39.2 Å². The number of hydrogen-bond donors (Lipinski definition) is 0. The van der Waals surface area contributed by atoms with E-state index in [4.69, 9.17) is 21.1 Å². The minimum absolute atomic E-state index is 0.00365. The van der Waals surface area contributed by atoms with Gasteiger partial charge in [0, 0.05) is 30.1 Å². The van der Waals surface area contributed by atoms with Crippen molar-refractivity contribution >= 4 is 29.2 Å². The van der Waals surface area contributed by atoms with Crippen molar-refractivity contribution in [2.75, 3.05) is 19.7 Å². The van der Waals surface area contributed by atoms with Crippen LogP contribution in [0.15, 0.2) is 18.2 Å². The largest absolute Gasteiger partial charge is 0.479 e. The van der Waals surface area contributed by atoms with E-state index in [-0.39, 0.29) is 40.9 Å². The number of halogens is 1. The average molecular weight is 399 g/mol. The molecule has 1 aromatic carbocycles. The molecule has 0 N–H and O–H groups in total. The van der Waals surface area contributed by atoms with E-state index in [1.165, 1.54) is 18.2 Å². The van der Waals surface area contributed by atoms with Gasteiger partial charge in [-0.3, -0.25) is 14.9 Å². The first-order valence-corrected chi connectivity index (χ1v) is 9.02. The maximum atomic E-state index is 12.4. The molecule has 0 spiro atoms. The number of benzene rings is 1. The van der Waals surface area contributed by atoms with Crippen molar-refractivity contribution in [3.05, 3.63) is 33.3 Å². The molecule has 1 saturated heterocycles. The fourth-order valence-corrected chi connectivity index (χ4v) is 2.90. The molecular formula is C18H23ClN2O6. The number of ketones is 1. The SMILES string of the molecule is CC(C)(C)OC(=O)N1CCC(C(=O)COc2ccc(Cl)cc2[N+](=O)[O-])CC1. The van der Waals surface area contributed by atoms with Crippen LogP contribution >= 0.6 is 11.6 Å². The second kappa shape index (κ2) is 8.56. The zero-order valence-corrected chi connectivity index (χ0v) is 16.3. The van der Waals surface area contributed by atoms with Crippen LogP contribution < -0.4 is 4.74 Å². The van der Waals surface area contributed by atoms with E-state index in [2.05, 4.69) is 0 Å². The van der Waals surface area contributed by atoms with E-state index >= 15 is 0 Å². The summed E-state index contributed by atoms with van der Waals surface area (Å²) in [5.41, 5.74) is -0.847. The second-order valence-electron chi connectivity index (χ2n) is 7.37. The fraction of sp³-hybridized carbons (Fsp3) is 0.556. The van der Waals surface area contributed by atoms with E-state index in [9.17, 15) is 19.7 Å². The van der Waals surface area contributed by atoms with Gasteiger partial charge in [0.05, 0.1) is 4.92 Å². The number of nitrogens with zero attached hydrogens (tertiary/aromatic N) is 2. The van der Waals surface area contributed by atoms with Crippen LogP contribution in [-0.2, 0) is 9.53 Å². The molecule has 0 radical (unpaired) electrons. The molecule has 1 amide bonds. The Kier molecular flexibility index (Phi) is 6.64. The lowest BCUT2D eigenvalue weighted by molar-refractivity contribution is -0.385. The molecule has 148 valence electrons. The smallest absolute Gasteiger partial charge is 0.410 e. The maximum Gasteiger partial charge on any atom is 0.410 e. The van der Waals surface area contributed by atoms with E-state index in [0.717, 1.165) is 0 Å². The zero-order chi connectivity index (χ0) is 20.2. The lowest BCUT2D eigenvalue weighted by Crippen LogP contribution is -2.43. The molecule has 0 unspecified atom stereocenters. The molecule has 0 aromatic heterocycles. The molecule has 1 fully saturated rings.